The van der Waals surface area contributed by atoms with Crippen LogP contribution in [0.2, 0.25) is 0 Å². The lowest BCUT2D eigenvalue weighted by Gasteiger charge is -2.09. The predicted molar refractivity (Wildman–Crippen MR) is 66.3 cm³/mol. The molecular weight excluding hydrogens is 279 g/mol. The summed E-state index contributed by atoms with van der Waals surface area (Å²) in [6.07, 6.45) is 1.24. The van der Waals surface area contributed by atoms with Crippen molar-refractivity contribution in [1.29, 1.82) is 0 Å². The van der Waals surface area contributed by atoms with E-state index in [9.17, 15) is 12.8 Å². The van der Waals surface area contributed by atoms with Crippen molar-refractivity contribution in [1.82, 2.24) is 9.59 Å². The number of nitrogens with two attached hydrogens (primary N) is 1. The Balaban J connectivity index is 2.48. The second-order valence-corrected chi connectivity index (χ2v) is 5.97. The molecule has 2 rings (SSSR count). The van der Waals surface area contributed by atoms with Crippen molar-refractivity contribution in [2.45, 2.75) is 11.8 Å². The highest BCUT2D eigenvalue weighted by molar-refractivity contribution is 7.93. The minimum atomic E-state index is -4.03. The van der Waals surface area contributed by atoms with Gasteiger partial charge >= 0.3 is 0 Å². The Morgan fingerprint density at radius 1 is 1.44 bits per heavy atom. The van der Waals surface area contributed by atoms with Gasteiger partial charge < -0.3 is 5.73 Å². The van der Waals surface area contributed by atoms with Crippen LogP contribution in [0.5, 0.6) is 0 Å². The van der Waals surface area contributed by atoms with Gasteiger partial charge in [-0.25, -0.2) is 12.8 Å². The molecule has 9 heteroatoms. The van der Waals surface area contributed by atoms with E-state index in [1.165, 1.54) is 19.2 Å². The zero-order valence-electron chi connectivity index (χ0n) is 9.21. The topological polar surface area (TPSA) is 98.0 Å². The first-order valence-electron chi connectivity index (χ1n) is 4.76. The molecule has 0 amide bonds. The van der Waals surface area contributed by atoms with Crippen molar-refractivity contribution < 1.29 is 12.8 Å². The summed E-state index contributed by atoms with van der Waals surface area (Å²) in [6.45, 7) is 1.44. The monoisotopic (exact) mass is 288 g/mol. The average molecular weight is 288 g/mol. The van der Waals surface area contributed by atoms with E-state index in [0.717, 1.165) is 17.6 Å². The lowest BCUT2D eigenvalue weighted by atomic mass is 10.2. The van der Waals surface area contributed by atoms with E-state index in [1.54, 1.807) is 0 Å². The normalized spacial score (nSPS) is 11.4. The Morgan fingerprint density at radius 2 is 2.17 bits per heavy atom. The molecule has 1 heterocycles. The number of nitrogens with one attached hydrogen (secondary N) is 1. The number of nitrogens with zero attached hydrogens (tertiary/aromatic N) is 2. The van der Waals surface area contributed by atoms with Gasteiger partial charge in [0.05, 0.1) is 6.20 Å². The number of anilines is 2. The molecule has 2 aromatic rings. The summed E-state index contributed by atoms with van der Waals surface area (Å²) in [5.41, 5.74) is 5.86. The molecule has 0 fully saturated rings. The van der Waals surface area contributed by atoms with Gasteiger partial charge in [-0.3, -0.25) is 4.72 Å². The Hall–Kier alpha value is -1.74. The second-order valence-electron chi connectivity index (χ2n) is 3.54. The molecule has 0 atom stereocenters. The molecule has 0 unspecified atom stereocenters. The van der Waals surface area contributed by atoms with Crippen LogP contribution >= 0.6 is 11.5 Å². The number of hydrogen-bond donors (Lipinski definition) is 2. The molecule has 0 saturated carbocycles. The van der Waals surface area contributed by atoms with Crippen LogP contribution in [0.3, 0.4) is 0 Å². The SMILES string of the molecule is Cc1cc(N)cc(S(=O)(=O)Nc2cnns2)c1F. The second kappa shape index (κ2) is 4.50. The van der Waals surface area contributed by atoms with Gasteiger partial charge in [-0.15, -0.1) is 5.10 Å². The molecule has 0 bridgehead atoms. The first kappa shape index (κ1) is 12.7. The molecule has 0 saturated heterocycles. The van der Waals surface area contributed by atoms with Gasteiger partial charge in [0, 0.05) is 17.2 Å². The number of hydrogen-bond acceptors (Lipinski definition) is 6. The third-order valence-corrected chi connectivity index (χ3v) is 4.20. The van der Waals surface area contributed by atoms with Gasteiger partial charge in [-0.1, -0.05) is 4.49 Å². The number of aromatic nitrogens is 2. The highest BCUT2D eigenvalue weighted by Gasteiger charge is 2.22. The highest BCUT2D eigenvalue weighted by atomic mass is 32.2. The number of sulfonamides is 1. The van der Waals surface area contributed by atoms with Crippen LogP contribution in [-0.4, -0.2) is 18.0 Å². The molecule has 96 valence electrons. The first-order chi connectivity index (χ1) is 8.40. The predicted octanol–water partition coefficient (Wildman–Crippen LogP) is 1.37. The first-order valence-corrected chi connectivity index (χ1v) is 7.01. The Bertz CT molecular complexity index is 670. The van der Waals surface area contributed by atoms with Gasteiger partial charge in [0.15, 0.2) is 0 Å². The van der Waals surface area contributed by atoms with E-state index in [-0.39, 0.29) is 16.3 Å². The quantitative estimate of drug-likeness (QED) is 0.831. The molecule has 18 heavy (non-hydrogen) atoms. The number of aryl methyl sites for hydroxylation is 1. The molecule has 0 aliphatic rings. The summed E-state index contributed by atoms with van der Waals surface area (Å²) in [6, 6.07) is 2.43. The van der Waals surface area contributed by atoms with Crippen LogP contribution < -0.4 is 10.5 Å². The zero-order valence-corrected chi connectivity index (χ0v) is 10.8. The van der Waals surface area contributed by atoms with Crippen LogP contribution in [0, 0.1) is 12.7 Å². The Morgan fingerprint density at radius 3 is 2.78 bits per heavy atom. The fourth-order valence-electron chi connectivity index (χ4n) is 1.36. The average Bonchev–Trinajstić information content (AvgIpc) is 2.75. The minimum Gasteiger partial charge on any atom is -0.399 e. The van der Waals surface area contributed by atoms with Gasteiger partial charge in [0.25, 0.3) is 10.0 Å². The van der Waals surface area contributed by atoms with E-state index >= 15 is 0 Å². The van der Waals surface area contributed by atoms with Crippen LogP contribution in [0.25, 0.3) is 0 Å². The van der Waals surface area contributed by atoms with Gasteiger partial charge in [-0.2, -0.15) is 0 Å². The standard InChI is InChI=1S/C9H9FN4O2S2/c1-5-2-6(11)3-7(9(5)10)18(15,16)13-8-4-12-14-17-8/h2-4,13H,11H2,1H3. The Labute approximate surface area is 107 Å². The third-order valence-electron chi connectivity index (χ3n) is 2.13. The van der Waals surface area contributed by atoms with Crippen molar-refractivity contribution in [2.75, 3.05) is 10.5 Å². The number of rotatable bonds is 3. The number of halogens is 1. The van der Waals surface area contributed by atoms with Gasteiger partial charge in [0.1, 0.15) is 15.7 Å². The van der Waals surface area contributed by atoms with E-state index in [4.69, 9.17) is 5.73 Å². The summed E-state index contributed by atoms with van der Waals surface area (Å²) >= 11 is 0.854. The van der Waals surface area contributed by atoms with Crippen LogP contribution in [-0.2, 0) is 10.0 Å². The molecule has 0 radical (unpaired) electrons. The van der Waals surface area contributed by atoms with Gasteiger partial charge in [0.2, 0.25) is 0 Å². The van der Waals surface area contributed by atoms with Crippen molar-refractivity contribution in [3.63, 3.8) is 0 Å². The molecule has 1 aromatic carbocycles. The molecule has 6 nitrogen and oxygen atoms in total. The smallest absolute Gasteiger partial charge is 0.265 e. The van der Waals surface area contributed by atoms with E-state index in [0.29, 0.717) is 0 Å². The van der Waals surface area contributed by atoms with Crippen LogP contribution in [0.4, 0.5) is 15.1 Å². The zero-order chi connectivity index (χ0) is 13.3. The fraction of sp³-hybridized carbons (Fsp3) is 0.111. The fourth-order valence-corrected chi connectivity index (χ4v) is 3.23. The lowest BCUT2D eigenvalue weighted by molar-refractivity contribution is 0.565. The van der Waals surface area contributed by atoms with Crippen LogP contribution in [0.1, 0.15) is 5.56 Å². The summed E-state index contributed by atoms with van der Waals surface area (Å²) in [5.74, 6) is -0.825. The number of benzene rings is 1. The third kappa shape index (κ3) is 2.41. The molecule has 3 N–H and O–H groups in total. The summed E-state index contributed by atoms with van der Waals surface area (Å²) < 4.78 is 43.4. The molecule has 1 aromatic heterocycles. The van der Waals surface area contributed by atoms with E-state index in [2.05, 4.69) is 14.3 Å². The van der Waals surface area contributed by atoms with Crippen molar-refractivity contribution >= 4 is 32.2 Å². The Kier molecular flexibility index (Phi) is 3.18. The minimum absolute atomic E-state index is 0.165. The maximum Gasteiger partial charge on any atom is 0.265 e. The van der Waals surface area contributed by atoms with E-state index in [1.807, 2.05) is 0 Å². The largest absolute Gasteiger partial charge is 0.399 e. The maximum atomic E-state index is 13.8. The molecular formula is C9H9FN4O2S2. The summed E-state index contributed by atoms with van der Waals surface area (Å²) in [5, 5.41) is 3.68. The maximum absolute atomic E-state index is 13.8. The van der Waals surface area contributed by atoms with Crippen molar-refractivity contribution in [3.8, 4) is 0 Å². The molecule has 0 aliphatic carbocycles. The molecule has 0 aliphatic heterocycles. The van der Waals surface area contributed by atoms with Crippen molar-refractivity contribution in [2.24, 2.45) is 0 Å². The lowest BCUT2D eigenvalue weighted by Crippen LogP contribution is -2.15. The summed E-state index contributed by atoms with van der Waals surface area (Å²) in [7, 11) is -4.03. The molecule has 0 spiro atoms. The summed E-state index contributed by atoms with van der Waals surface area (Å²) in [4.78, 5) is -0.492. The van der Waals surface area contributed by atoms with Crippen molar-refractivity contribution in [3.05, 3.63) is 29.7 Å². The van der Waals surface area contributed by atoms with E-state index < -0.39 is 20.7 Å². The van der Waals surface area contributed by atoms with Crippen LogP contribution in [0.15, 0.2) is 23.2 Å². The highest BCUT2D eigenvalue weighted by Crippen LogP contribution is 2.24. The number of nitrogen functional groups attached to an aromatic ring is 1. The van der Waals surface area contributed by atoms with Gasteiger partial charge in [-0.05, 0) is 24.6 Å².